The molecule has 4 aromatic rings. The van der Waals surface area contributed by atoms with Gasteiger partial charge in [-0.1, -0.05) is 42.5 Å². The van der Waals surface area contributed by atoms with Gasteiger partial charge in [0.25, 0.3) is 0 Å². The van der Waals surface area contributed by atoms with E-state index >= 15 is 0 Å². The van der Waals surface area contributed by atoms with Gasteiger partial charge < -0.3 is 9.88 Å². The lowest BCUT2D eigenvalue weighted by atomic mass is 9.91. The third-order valence-corrected chi connectivity index (χ3v) is 5.05. The molecule has 1 aliphatic rings. The van der Waals surface area contributed by atoms with Crippen LogP contribution in [0.4, 0.5) is 5.69 Å². The predicted octanol–water partition coefficient (Wildman–Crippen LogP) is 4.43. The molecule has 0 bridgehead atoms. The first-order valence-corrected chi connectivity index (χ1v) is 8.11. The second-order valence-corrected chi connectivity index (χ2v) is 6.36. The van der Waals surface area contributed by atoms with Crippen LogP contribution in [0.1, 0.15) is 17.0 Å². The van der Waals surface area contributed by atoms with Crippen LogP contribution in [-0.2, 0) is 4.79 Å². The van der Waals surface area contributed by atoms with E-state index in [1.165, 1.54) is 10.8 Å². The van der Waals surface area contributed by atoms with E-state index in [1.807, 2.05) is 37.4 Å². The molecule has 5 rings (SSSR count). The zero-order valence-corrected chi connectivity index (χ0v) is 13.3. The van der Waals surface area contributed by atoms with Crippen molar-refractivity contribution in [3.05, 3.63) is 77.9 Å². The van der Waals surface area contributed by atoms with Crippen LogP contribution in [0.15, 0.2) is 66.7 Å². The minimum Gasteiger partial charge on any atom is -0.355 e. The van der Waals surface area contributed by atoms with Gasteiger partial charge in [-0.15, -0.1) is 0 Å². The molecule has 0 spiro atoms. The molecule has 3 aromatic carbocycles. The fourth-order valence-corrected chi connectivity index (χ4v) is 3.85. The number of carbonyl (C=O) groups excluding carboxylic acids is 1. The highest BCUT2D eigenvalue weighted by Crippen LogP contribution is 2.41. The van der Waals surface area contributed by atoms with Crippen molar-refractivity contribution in [1.29, 1.82) is 0 Å². The van der Waals surface area contributed by atoms with E-state index in [9.17, 15) is 4.79 Å². The smallest absolute Gasteiger partial charge is 0.238 e. The lowest BCUT2D eigenvalue weighted by Crippen LogP contribution is -2.24. The van der Waals surface area contributed by atoms with E-state index in [1.54, 1.807) is 4.90 Å². The van der Waals surface area contributed by atoms with E-state index in [2.05, 4.69) is 41.4 Å². The van der Waals surface area contributed by atoms with Gasteiger partial charge in [0.2, 0.25) is 5.91 Å². The maximum atomic E-state index is 12.8. The second kappa shape index (κ2) is 4.71. The molecule has 1 amide bonds. The number of likely N-dealkylation sites (N-methyl/N-ethyl adjacent to an activating group) is 1. The normalized spacial score (nSPS) is 17.0. The number of fused-ring (bicyclic) bond motifs is 4. The van der Waals surface area contributed by atoms with Crippen LogP contribution in [0, 0.1) is 0 Å². The van der Waals surface area contributed by atoms with Crippen molar-refractivity contribution in [2.75, 3.05) is 11.9 Å². The van der Waals surface area contributed by atoms with Crippen molar-refractivity contribution in [3.8, 4) is 0 Å². The Morgan fingerprint density at radius 2 is 1.62 bits per heavy atom. The molecule has 0 saturated heterocycles. The number of nitrogens with one attached hydrogen (secondary N) is 1. The molecular formula is C21H16N2O. The molecule has 1 N–H and O–H groups in total. The molecular weight excluding hydrogens is 296 g/mol. The van der Waals surface area contributed by atoms with E-state index in [0.29, 0.717) is 0 Å². The first-order chi connectivity index (χ1) is 11.7. The van der Waals surface area contributed by atoms with Crippen molar-refractivity contribution >= 4 is 33.4 Å². The zero-order valence-electron chi connectivity index (χ0n) is 13.3. The summed E-state index contributed by atoms with van der Waals surface area (Å²) in [5.74, 6) is -0.0837. The Bertz CT molecular complexity index is 1110. The van der Waals surface area contributed by atoms with Crippen LogP contribution in [0.3, 0.4) is 0 Å². The number of H-pyrrole nitrogens is 1. The maximum absolute atomic E-state index is 12.8. The summed E-state index contributed by atoms with van der Waals surface area (Å²) in [6.45, 7) is 0. The number of benzene rings is 3. The molecule has 1 aromatic heterocycles. The van der Waals surface area contributed by atoms with Gasteiger partial charge in [0.05, 0.1) is 5.92 Å². The van der Waals surface area contributed by atoms with Crippen LogP contribution in [0.2, 0.25) is 0 Å². The monoisotopic (exact) mass is 312 g/mol. The lowest BCUT2D eigenvalue weighted by Gasteiger charge is -2.11. The molecule has 0 fully saturated rings. The summed E-state index contributed by atoms with van der Waals surface area (Å²) in [7, 11) is 1.85. The summed E-state index contributed by atoms with van der Waals surface area (Å²) < 4.78 is 0. The highest BCUT2D eigenvalue weighted by molar-refractivity contribution is 6.10. The molecule has 3 nitrogen and oxygen atoms in total. The van der Waals surface area contributed by atoms with Gasteiger partial charge in [0, 0.05) is 34.5 Å². The average molecular weight is 312 g/mol. The van der Waals surface area contributed by atoms with E-state index in [0.717, 1.165) is 27.8 Å². The Balaban J connectivity index is 1.75. The lowest BCUT2D eigenvalue weighted by molar-refractivity contribution is -0.118. The Morgan fingerprint density at radius 3 is 2.54 bits per heavy atom. The molecule has 3 heteroatoms. The number of rotatable bonds is 1. The van der Waals surface area contributed by atoms with Gasteiger partial charge in [-0.2, -0.15) is 0 Å². The Labute approximate surface area is 139 Å². The topological polar surface area (TPSA) is 36.1 Å². The van der Waals surface area contributed by atoms with E-state index < -0.39 is 0 Å². The number of carbonyl (C=O) groups is 1. The first kappa shape index (κ1) is 13.4. The highest BCUT2D eigenvalue weighted by atomic mass is 16.2. The van der Waals surface area contributed by atoms with Gasteiger partial charge in [-0.3, -0.25) is 4.79 Å². The summed E-state index contributed by atoms with van der Waals surface area (Å²) in [6.07, 6.45) is 0. The minimum atomic E-state index is -0.218. The van der Waals surface area contributed by atoms with Crippen LogP contribution in [0.25, 0.3) is 21.8 Å². The molecule has 1 aliphatic heterocycles. The van der Waals surface area contributed by atoms with Gasteiger partial charge in [0.15, 0.2) is 0 Å². The summed E-state index contributed by atoms with van der Waals surface area (Å²) in [5, 5.41) is 2.37. The van der Waals surface area contributed by atoms with Crippen molar-refractivity contribution in [2.24, 2.45) is 0 Å². The SMILES string of the molecule is CN1C(=O)C(c2ccc3[nH]c4ccccc4c3c2)c2ccccc21. The third kappa shape index (κ3) is 1.69. The molecule has 24 heavy (non-hydrogen) atoms. The fourth-order valence-electron chi connectivity index (χ4n) is 3.85. The second-order valence-electron chi connectivity index (χ2n) is 6.36. The molecule has 0 aliphatic carbocycles. The highest BCUT2D eigenvalue weighted by Gasteiger charge is 2.35. The number of hydrogen-bond donors (Lipinski definition) is 1. The Morgan fingerprint density at radius 1 is 0.875 bits per heavy atom. The van der Waals surface area contributed by atoms with Gasteiger partial charge in [0.1, 0.15) is 0 Å². The zero-order chi connectivity index (χ0) is 16.3. The number of para-hydroxylation sites is 2. The Hall–Kier alpha value is -3.07. The molecule has 116 valence electrons. The molecule has 1 atom stereocenters. The fraction of sp³-hybridized carbons (Fsp3) is 0.0952. The summed E-state index contributed by atoms with van der Waals surface area (Å²) in [5.41, 5.74) is 5.37. The van der Waals surface area contributed by atoms with E-state index in [4.69, 9.17) is 0 Å². The van der Waals surface area contributed by atoms with Crippen LogP contribution >= 0.6 is 0 Å². The number of aromatic amines is 1. The first-order valence-electron chi connectivity index (χ1n) is 8.11. The van der Waals surface area contributed by atoms with E-state index in [-0.39, 0.29) is 11.8 Å². The quantitative estimate of drug-likeness (QED) is 0.554. The van der Waals surface area contributed by atoms with Crippen molar-refractivity contribution in [1.82, 2.24) is 4.98 Å². The predicted molar refractivity (Wildman–Crippen MR) is 97.5 cm³/mol. The maximum Gasteiger partial charge on any atom is 0.238 e. The molecule has 1 unspecified atom stereocenters. The number of amides is 1. The molecule has 0 radical (unpaired) electrons. The summed E-state index contributed by atoms with van der Waals surface area (Å²) in [4.78, 5) is 18.0. The van der Waals surface area contributed by atoms with Crippen molar-refractivity contribution in [2.45, 2.75) is 5.92 Å². The van der Waals surface area contributed by atoms with Crippen LogP contribution < -0.4 is 4.90 Å². The number of anilines is 1. The summed E-state index contributed by atoms with van der Waals surface area (Å²) in [6, 6.07) is 22.6. The number of aromatic nitrogens is 1. The Kier molecular flexibility index (Phi) is 2.63. The molecule has 0 saturated carbocycles. The van der Waals surface area contributed by atoms with Crippen LogP contribution in [-0.4, -0.2) is 17.9 Å². The third-order valence-electron chi connectivity index (χ3n) is 5.05. The van der Waals surface area contributed by atoms with Crippen molar-refractivity contribution in [3.63, 3.8) is 0 Å². The summed E-state index contributed by atoms with van der Waals surface area (Å²) >= 11 is 0. The average Bonchev–Trinajstić information content (AvgIpc) is 3.11. The van der Waals surface area contributed by atoms with Crippen LogP contribution in [0.5, 0.6) is 0 Å². The number of nitrogens with zero attached hydrogens (tertiary/aromatic N) is 1. The van der Waals surface area contributed by atoms with Gasteiger partial charge in [-0.25, -0.2) is 0 Å². The standard InChI is InChI=1S/C21H16N2O/c1-23-19-9-5-3-7-15(19)20(21(23)24)13-10-11-18-16(12-13)14-6-2-4-8-17(14)22-18/h2-12,20,22H,1H3. The largest absolute Gasteiger partial charge is 0.355 e. The van der Waals surface area contributed by atoms with Gasteiger partial charge >= 0.3 is 0 Å². The van der Waals surface area contributed by atoms with Gasteiger partial charge in [-0.05, 0) is 35.4 Å². The van der Waals surface area contributed by atoms with Crippen molar-refractivity contribution < 1.29 is 4.79 Å². The molecule has 2 heterocycles. The minimum absolute atomic E-state index is 0.135. The number of hydrogen-bond acceptors (Lipinski definition) is 1.